The number of hydrogen-bond acceptors (Lipinski definition) is 1. The van der Waals surface area contributed by atoms with Crippen molar-refractivity contribution < 1.29 is 4.79 Å². The van der Waals surface area contributed by atoms with Gasteiger partial charge < -0.3 is 4.79 Å². The first-order chi connectivity index (χ1) is 6.41. The zero-order valence-corrected chi connectivity index (χ0v) is 8.80. The van der Waals surface area contributed by atoms with Gasteiger partial charge in [0.1, 0.15) is 6.29 Å². The number of carbonyl (C=O) groups excluding carboxylic acids is 1. The third-order valence-electron chi connectivity index (χ3n) is 2.08. The van der Waals surface area contributed by atoms with Gasteiger partial charge in [-0.25, -0.2) is 0 Å². The van der Waals surface area contributed by atoms with Gasteiger partial charge in [0.15, 0.2) is 0 Å². The molecule has 0 aliphatic rings. The molecular weight excluding hydrogens is 160 g/mol. The number of aldehydes is 1. The SMILES string of the molecule is CCCCC/C=C/CCCCC=O. The van der Waals surface area contributed by atoms with Crippen LogP contribution in [0.15, 0.2) is 12.2 Å². The molecule has 0 unspecified atom stereocenters. The number of carbonyl (C=O) groups is 1. The normalized spacial score (nSPS) is 10.8. The molecule has 0 aromatic heterocycles. The van der Waals surface area contributed by atoms with Crippen LogP contribution in [0.2, 0.25) is 0 Å². The van der Waals surface area contributed by atoms with E-state index in [1.54, 1.807) is 0 Å². The number of rotatable bonds is 9. The highest BCUT2D eigenvalue weighted by atomic mass is 16.1. The van der Waals surface area contributed by atoms with Crippen molar-refractivity contribution in [3.05, 3.63) is 12.2 Å². The Morgan fingerprint density at radius 1 is 0.846 bits per heavy atom. The van der Waals surface area contributed by atoms with Crippen molar-refractivity contribution in [2.45, 2.75) is 58.3 Å². The largest absolute Gasteiger partial charge is 0.303 e. The van der Waals surface area contributed by atoms with Crippen LogP contribution < -0.4 is 0 Å². The Hall–Kier alpha value is -0.590. The molecule has 0 radical (unpaired) electrons. The monoisotopic (exact) mass is 182 g/mol. The summed E-state index contributed by atoms with van der Waals surface area (Å²) in [4.78, 5) is 9.99. The Balaban J connectivity index is 2.98. The summed E-state index contributed by atoms with van der Waals surface area (Å²) < 4.78 is 0. The summed E-state index contributed by atoms with van der Waals surface area (Å²) in [7, 11) is 0. The molecule has 0 aliphatic heterocycles. The molecule has 0 spiro atoms. The molecule has 0 N–H and O–H groups in total. The van der Waals surface area contributed by atoms with E-state index in [1.807, 2.05) is 0 Å². The Morgan fingerprint density at radius 3 is 1.92 bits per heavy atom. The minimum absolute atomic E-state index is 0.726. The molecule has 0 fully saturated rings. The third-order valence-corrected chi connectivity index (χ3v) is 2.08. The molecule has 0 amide bonds. The fourth-order valence-corrected chi connectivity index (χ4v) is 1.24. The first kappa shape index (κ1) is 12.4. The van der Waals surface area contributed by atoms with Crippen molar-refractivity contribution in [2.75, 3.05) is 0 Å². The van der Waals surface area contributed by atoms with Crippen molar-refractivity contribution in [3.8, 4) is 0 Å². The summed E-state index contributed by atoms with van der Waals surface area (Å²) >= 11 is 0. The lowest BCUT2D eigenvalue weighted by atomic mass is 10.1. The maximum absolute atomic E-state index is 9.99. The van der Waals surface area contributed by atoms with Crippen molar-refractivity contribution in [1.29, 1.82) is 0 Å². The first-order valence-electron chi connectivity index (χ1n) is 5.50. The molecule has 1 heteroatoms. The number of unbranched alkanes of at least 4 members (excludes halogenated alkanes) is 6. The van der Waals surface area contributed by atoms with Gasteiger partial charge in [-0.1, -0.05) is 31.9 Å². The molecule has 13 heavy (non-hydrogen) atoms. The van der Waals surface area contributed by atoms with E-state index in [-0.39, 0.29) is 0 Å². The van der Waals surface area contributed by atoms with Crippen molar-refractivity contribution in [1.82, 2.24) is 0 Å². The Morgan fingerprint density at radius 2 is 1.38 bits per heavy atom. The Bertz CT molecular complexity index is 127. The van der Waals surface area contributed by atoms with Gasteiger partial charge in [-0.3, -0.25) is 0 Å². The minimum atomic E-state index is 0.726. The predicted octanol–water partition coefficient (Wildman–Crippen LogP) is 3.88. The molecular formula is C12H22O. The smallest absolute Gasteiger partial charge is 0.119 e. The summed E-state index contributed by atoms with van der Waals surface area (Å²) in [6.07, 6.45) is 14.8. The number of allylic oxidation sites excluding steroid dienone is 2. The fourth-order valence-electron chi connectivity index (χ4n) is 1.24. The second-order valence-electron chi connectivity index (χ2n) is 3.42. The molecule has 0 atom stereocenters. The van der Waals surface area contributed by atoms with E-state index in [9.17, 15) is 4.79 Å². The van der Waals surface area contributed by atoms with E-state index in [2.05, 4.69) is 19.1 Å². The third kappa shape index (κ3) is 11.4. The molecule has 0 aromatic rings. The van der Waals surface area contributed by atoms with Crippen LogP contribution in [-0.4, -0.2) is 6.29 Å². The van der Waals surface area contributed by atoms with Crippen LogP contribution in [0.5, 0.6) is 0 Å². The summed E-state index contributed by atoms with van der Waals surface area (Å²) in [6.45, 7) is 2.23. The number of hydrogen-bond donors (Lipinski definition) is 0. The standard InChI is InChI=1S/C12H22O/c1-2-3-4-5-6-7-8-9-10-11-12-13/h6-7,12H,2-5,8-11H2,1H3/b7-6+. The van der Waals surface area contributed by atoms with Gasteiger partial charge >= 0.3 is 0 Å². The zero-order valence-electron chi connectivity index (χ0n) is 8.80. The van der Waals surface area contributed by atoms with Gasteiger partial charge in [0, 0.05) is 6.42 Å². The summed E-state index contributed by atoms with van der Waals surface area (Å²) in [5.74, 6) is 0. The van der Waals surface area contributed by atoms with E-state index in [0.29, 0.717) is 0 Å². The van der Waals surface area contributed by atoms with E-state index in [1.165, 1.54) is 25.7 Å². The lowest BCUT2D eigenvalue weighted by molar-refractivity contribution is -0.107. The van der Waals surface area contributed by atoms with E-state index in [4.69, 9.17) is 0 Å². The molecule has 0 saturated heterocycles. The highest BCUT2D eigenvalue weighted by Gasteiger charge is 1.84. The highest BCUT2D eigenvalue weighted by molar-refractivity contribution is 5.48. The van der Waals surface area contributed by atoms with Crippen LogP contribution in [0.1, 0.15) is 58.3 Å². The van der Waals surface area contributed by atoms with E-state index in [0.717, 1.165) is 32.0 Å². The van der Waals surface area contributed by atoms with E-state index >= 15 is 0 Å². The maximum Gasteiger partial charge on any atom is 0.119 e. The zero-order chi connectivity index (χ0) is 9.78. The molecule has 76 valence electrons. The predicted molar refractivity (Wildman–Crippen MR) is 57.8 cm³/mol. The second kappa shape index (κ2) is 11.4. The van der Waals surface area contributed by atoms with Crippen molar-refractivity contribution in [3.63, 3.8) is 0 Å². The van der Waals surface area contributed by atoms with Crippen LogP contribution in [0, 0.1) is 0 Å². The first-order valence-corrected chi connectivity index (χ1v) is 5.50. The van der Waals surface area contributed by atoms with Gasteiger partial charge in [-0.15, -0.1) is 0 Å². The van der Waals surface area contributed by atoms with Gasteiger partial charge in [0.25, 0.3) is 0 Å². The van der Waals surface area contributed by atoms with Crippen LogP contribution >= 0.6 is 0 Å². The lowest BCUT2D eigenvalue weighted by Crippen LogP contribution is -1.76. The maximum atomic E-state index is 9.99. The summed E-state index contributed by atoms with van der Waals surface area (Å²) in [5.41, 5.74) is 0. The average molecular weight is 182 g/mol. The molecule has 0 saturated carbocycles. The molecule has 0 bridgehead atoms. The topological polar surface area (TPSA) is 17.1 Å². The summed E-state index contributed by atoms with van der Waals surface area (Å²) in [6, 6.07) is 0. The second-order valence-corrected chi connectivity index (χ2v) is 3.42. The average Bonchev–Trinajstić information content (AvgIpc) is 2.16. The van der Waals surface area contributed by atoms with Gasteiger partial charge in [-0.05, 0) is 32.1 Å². The van der Waals surface area contributed by atoms with E-state index < -0.39 is 0 Å². The van der Waals surface area contributed by atoms with Gasteiger partial charge in [-0.2, -0.15) is 0 Å². The lowest BCUT2D eigenvalue weighted by Gasteiger charge is -1.93. The molecule has 0 heterocycles. The van der Waals surface area contributed by atoms with Crippen molar-refractivity contribution >= 4 is 6.29 Å². The van der Waals surface area contributed by atoms with Crippen molar-refractivity contribution in [2.24, 2.45) is 0 Å². The fraction of sp³-hybridized carbons (Fsp3) is 0.750. The molecule has 1 nitrogen and oxygen atoms in total. The van der Waals surface area contributed by atoms with Crippen LogP contribution in [0.4, 0.5) is 0 Å². The van der Waals surface area contributed by atoms with Gasteiger partial charge in [0.2, 0.25) is 0 Å². The van der Waals surface area contributed by atoms with Crippen LogP contribution in [-0.2, 0) is 4.79 Å². The molecule has 0 rings (SSSR count). The quantitative estimate of drug-likeness (QED) is 0.300. The van der Waals surface area contributed by atoms with Crippen LogP contribution in [0.3, 0.4) is 0 Å². The Kier molecular flexibility index (Phi) is 10.9. The highest BCUT2D eigenvalue weighted by Crippen LogP contribution is 2.02. The van der Waals surface area contributed by atoms with Gasteiger partial charge in [0.05, 0.1) is 0 Å². The summed E-state index contributed by atoms with van der Waals surface area (Å²) in [5, 5.41) is 0. The minimum Gasteiger partial charge on any atom is -0.303 e. The molecule has 0 aromatic carbocycles. The van der Waals surface area contributed by atoms with Crippen LogP contribution in [0.25, 0.3) is 0 Å². The molecule has 0 aliphatic carbocycles. The Labute approximate surface area is 82.2 Å².